The molecule has 1 fully saturated rings. The lowest BCUT2D eigenvalue weighted by Crippen LogP contribution is -2.30. The third-order valence-corrected chi connectivity index (χ3v) is 8.40. The number of hydrogen-bond acceptors (Lipinski definition) is 6. The van der Waals surface area contributed by atoms with E-state index >= 15 is 0 Å². The summed E-state index contributed by atoms with van der Waals surface area (Å²) < 4.78 is 29.4. The van der Waals surface area contributed by atoms with Gasteiger partial charge in [0, 0.05) is 30.7 Å². The molecule has 8 nitrogen and oxygen atoms in total. The van der Waals surface area contributed by atoms with Gasteiger partial charge in [0.1, 0.15) is 0 Å². The van der Waals surface area contributed by atoms with Crippen molar-refractivity contribution < 1.29 is 13.2 Å². The van der Waals surface area contributed by atoms with Gasteiger partial charge >= 0.3 is 0 Å². The molecule has 2 aromatic rings. The molecule has 1 aliphatic rings. The fraction of sp³-hybridized carbons (Fsp3) is 0.571. The SMILES string of the molecule is CCC(C)n1c(SCC(=O)NC2CC2)nnc1-c1cccc(S(=O)(=O)N(CC)CC)c1. The number of hydrogen-bond donors (Lipinski definition) is 1. The standard InChI is InChI=1S/C21H31N5O3S2/c1-5-15(4)26-20(23-24-21(26)30-14-19(27)22-17-11-12-17)16-9-8-10-18(13-16)31(28,29)25(6-2)7-3/h8-10,13,15,17H,5-7,11-12,14H2,1-4H3,(H,22,27). The third kappa shape index (κ3) is 5.48. The lowest BCUT2D eigenvalue weighted by Gasteiger charge is -2.19. The van der Waals surface area contributed by atoms with Crippen molar-refractivity contribution in [1.29, 1.82) is 0 Å². The minimum absolute atomic E-state index is 0.0000601. The first-order valence-electron chi connectivity index (χ1n) is 10.8. The second kappa shape index (κ2) is 10.1. The Labute approximate surface area is 188 Å². The van der Waals surface area contributed by atoms with Gasteiger partial charge in [0.05, 0.1) is 10.6 Å². The molecule has 1 aromatic carbocycles. The maximum Gasteiger partial charge on any atom is 0.243 e. The largest absolute Gasteiger partial charge is 0.353 e. The maximum absolute atomic E-state index is 13.0. The minimum atomic E-state index is -3.57. The number of carbonyl (C=O) groups excluding carboxylic acids is 1. The molecular weight excluding hydrogens is 434 g/mol. The maximum atomic E-state index is 13.0. The third-order valence-electron chi connectivity index (χ3n) is 5.41. The van der Waals surface area contributed by atoms with Gasteiger partial charge in [-0.2, -0.15) is 4.31 Å². The highest BCUT2D eigenvalue weighted by molar-refractivity contribution is 7.99. The predicted molar refractivity (Wildman–Crippen MR) is 122 cm³/mol. The van der Waals surface area contributed by atoms with Crippen LogP contribution in [0.5, 0.6) is 0 Å². The van der Waals surface area contributed by atoms with E-state index < -0.39 is 10.0 Å². The fourth-order valence-electron chi connectivity index (χ4n) is 3.29. The topological polar surface area (TPSA) is 97.2 Å². The molecule has 1 N–H and O–H groups in total. The van der Waals surface area contributed by atoms with E-state index in [1.54, 1.807) is 18.2 Å². The van der Waals surface area contributed by atoms with Crippen LogP contribution in [0.2, 0.25) is 0 Å². The van der Waals surface area contributed by atoms with Crippen molar-refractivity contribution >= 4 is 27.7 Å². The van der Waals surface area contributed by atoms with Crippen LogP contribution in [0.15, 0.2) is 34.3 Å². The molecule has 1 saturated carbocycles. The van der Waals surface area contributed by atoms with E-state index in [2.05, 4.69) is 29.4 Å². The van der Waals surface area contributed by atoms with Crippen LogP contribution in [0.3, 0.4) is 0 Å². The summed E-state index contributed by atoms with van der Waals surface area (Å²) in [6.07, 6.45) is 2.96. The second-order valence-corrected chi connectivity index (χ2v) is 10.6. The highest BCUT2D eigenvalue weighted by atomic mass is 32.2. The van der Waals surface area contributed by atoms with E-state index in [0.717, 1.165) is 19.3 Å². The number of thioether (sulfide) groups is 1. The highest BCUT2D eigenvalue weighted by Gasteiger charge is 2.26. The molecule has 1 atom stereocenters. The van der Waals surface area contributed by atoms with Crippen LogP contribution in [-0.4, -0.2) is 58.3 Å². The van der Waals surface area contributed by atoms with Crippen molar-refractivity contribution in [3.8, 4) is 11.4 Å². The molecule has 10 heteroatoms. The number of sulfonamides is 1. The molecule has 1 amide bonds. The molecule has 1 heterocycles. The van der Waals surface area contributed by atoms with Crippen molar-refractivity contribution in [2.75, 3.05) is 18.8 Å². The number of aromatic nitrogens is 3. The van der Waals surface area contributed by atoms with Gasteiger partial charge in [-0.3, -0.25) is 9.36 Å². The molecule has 1 aliphatic carbocycles. The zero-order valence-corrected chi connectivity index (χ0v) is 20.2. The van der Waals surface area contributed by atoms with Crippen LogP contribution >= 0.6 is 11.8 Å². The number of nitrogens with one attached hydrogen (secondary N) is 1. The summed E-state index contributed by atoms with van der Waals surface area (Å²) in [4.78, 5) is 12.4. The van der Waals surface area contributed by atoms with Gasteiger partial charge in [-0.05, 0) is 38.3 Å². The van der Waals surface area contributed by atoms with Gasteiger partial charge < -0.3 is 5.32 Å². The fourth-order valence-corrected chi connectivity index (χ4v) is 5.64. The first kappa shape index (κ1) is 23.7. The summed E-state index contributed by atoms with van der Waals surface area (Å²) in [5.74, 6) is 0.887. The van der Waals surface area contributed by atoms with Crippen molar-refractivity contribution in [3.05, 3.63) is 24.3 Å². The molecule has 0 saturated heterocycles. The molecule has 0 aliphatic heterocycles. The Balaban J connectivity index is 1.91. The van der Waals surface area contributed by atoms with Crippen molar-refractivity contribution in [3.63, 3.8) is 0 Å². The monoisotopic (exact) mass is 465 g/mol. The molecule has 0 radical (unpaired) electrons. The summed E-state index contributed by atoms with van der Waals surface area (Å²) >= 11 is 1.36. The first-order valence-corrected chi connectivity index (χ1v) is 13.2. The normalized spacial score (nSPS) is 15.3. The number of benzene rings is 1. The Kier molecular flexibility index (Phi) is 7.77. The summed E-state index contributed by atoms with van der Waals surface area (Å²) in [5.41, 5.74) is 0.690. The van der Waals surface area contributed by atoms with Gasteiger partial charge in [-0.15, -0.1) is 10.2 Å². The number of rotatable bonds is 11. The van der Waals surface area contributed by atoms with E-state index in [1.807, 2.05) is 24.5 Å². The molecule has 0 spiro atoms. The number of carbonyl (C=O) groups is 1. The first-order chi connectivity index (χ1) is 14.8. The summed E-state index contributed by atoms with van der Waals surface area (Å²) in [5, 5.41) is 12.3. The van der Waals surface area contributed by atoms with Crippen molar-refractivity contribution in [2.24, 2.45) is 0 Å². The predicted octanol–water partition coefficient (Wildman–Crippen LogP) is 3.32. The quantitative estimate of drug-likeness (QED) is 0.511. The molecule has 3 rings (SSSR count). The zero-order valence-electron chi connectivity index (χ0n) is 18.5. The lowest BCUT2D eigenvalue weighted by atomic mass is 10.2. The van der Waals surface area contributed by atoms with Gasteiger partial charge in [0.25, 0.3) is 0 Å². The second-order valence-electron chi connectivity index (χ2n) is 7.68. The molecular formula is C21H31N5O3S2. The van der Waals surface area contributed by atoms with E-state index in [1.165, 1.54) is 16.1 Å². The lowest BCUT2D eigenvalue weighted by molar-refractivity contribution is -0.118. The van der Waals surface area contributed by atoms with Crippen molar-refractivity contribution in [2.45, 2.75) is 69.1 Å². The zero-order chi connectivity index (χ0) is 22.6. The Morgan fingerprint density at radius 1 is 1.26 bits per heavy atom. The Morgan fingerprint density at radius 2 is 1.97 bits per heavy atom. The van der Waals surface area contributed by atoms with E-state index in [4.69, 9.17) is 0 Å². The van der Waals surface area contributed by atoms with Crippen LogP contribution in [0.25, 0.3) is 11.4 Å². The number of amides is 1. The van der Waals surface area contributed by atoms with Crippen LogP contribution in [0.4, 0.5) is 0 Å². The van der Waals surface area contributed by atoms with Gasteiger partial charge in [-0.1, -0.05) is 44.7 Å². The smallest absolute Gasteiger partial charge is 0.243 e. The van der Waals surface area contributed by atoms with Crippen LogP contribution in [0, 0.1) is 0 Å². The molecule has 170 valence electrons. The Bertz CT molecular complexity index is 1010. The van der Waals surface area contributed by atoms with Gasteiger partial charge in [0.2, 0.25) is 15.9 Å². The van der Waals surface area contributed by atoms with Crippen molar-refractivity contribution in [1.82, 2.24) is 24.4 Å². The van der Waals surface area contributed by atoms with E-state index in [9.17, 15) is 13.2 Å². The van der Waals surface area contributed by atoms with Crippen LogP contribution in [0.1, 0.15) is 53.0 Å². The van der Waals surface area contributed by atoms with Gasteiger partial charge in [-0.25, -0.2) is 8.42 Å². The average Bonchev–Trinajstić information content (AvgIpc) is 3.47. The van der Waals surface area contributed by atoms with Crippen LogP contribution < -0.4 is 5.32 Å². The Hall–Kier alpha value is -1.91. The molecule has 31 heavy (non-hydrogen) atoms. The molecule has 1 aromatic heterocycles. The van der Waals surface area contributed by atoms with E-state index in [0.29, 0.717) is 35.7 Å². The summed E-state index contributed by atoms with van der Waals surface area (Å²) in [6, 6.07) is 7.27. The minimum Gasteiger partial charge on any atom is -0.353 e. The molecule has 0 bridgehead atoms. The Morgan fingerprint density at radius 3 is 2.58 bits per heavy atom. The van der Waals surface area contributed by atoms with Gasteiger partial charge in [0.15, 0.2) is 11.0 Å². The highest BCUT2D eigenvalue weighted by Crippen LogP contribution is 2.31. The van der Waals surface area contributed by atoms with E-state index in [-0.39, 0.29) is 22.6 Å². The number of nitrogens with zero attached hydrogens (tertiary/aromatic N) is 4. The summed E-state index contributed by atoms with van der Waals surface area (Å²) in [7, 11) is -3.57. The summed E-state index contributed by atoms with van der Waals surface area (Å²) in [6.45, 7) is 8.62. The average molecular weight is 466 g/mol. The molecule has 1 unspecified atom stereocenters. The van der Waals surface area contributed by atoms with Crippen LogP contribution in [-0.2, 0) is 14.8 Å².